The largest absolute Gasteiger partial charge is 0.469 e. The summed E-state index contributed by atoms with van der Waals surface area (Å²) in [5.74, 6) is -1.14. The molecule has 6 heteroatoms. The van der Waals surface area contributed by atoms with Crippen LogP contribution in [-0.4, -0.2) is 35.4 Å². The zero-order chi connectivity index (χ0) is 27.3. The normalized spacial score (nSPS) is 48.2. The van der Waals surface area contributed by atoms with Gasteiger partial charge in [-0.25, -0.2) is 0 Å². The number of nitriles is 1. The van der Waals surface area contributed by atoms with Crippen molar-refractivity contribution < 1.29 is 24.2 Å². The number of rotatable bonds is 1. The second-order valence-corrected chi connectivity index (χ2v) is 14.3. The quantitative estimate of drug-likeness (QED) is 0.503. The SMILES string of the molecule is COC(=O)[C@@H]1CC(C)(C)C[C@@H]2C1CC[C@]1(C)[C@@H]2C(=O)C=C2[C@@]3(C)C=C(C#N)C(=O)[C@@](C)(O)[C@@H]3CC[C@]21C. The minimum absolute atomic E-state index is 0.0210. The summed E-state index contributed by atoms with van der Waals surface area (Å²) in [5.41, 5.74) is -2.22. The minimum Gasteiger partial charge on any atom is -0.469 e. The van der Waals surface area contributed by atoms with Gasteiger partial charge in [0.25, 0.3) is 0 Å². The number of fused-ring (bicyclic) bond motifs is 7. The highest BCUT2D eigenvalue weighted by atomic mass is 16.5. The second-order valence-electron chi connectivity index (χ2n) is 14.3. The molecule has 200 valence electrons. The van der Waals surface area contributed by atoms with Crippen LogP contribution in [0.3, 0.4) is 0 Å². The summed E-state index contributed by atoms with van der Waals surface area (Å²) in [4.78, 5) is 40.0. The molecule has 0 spiro atoms. The van der Waals surface area contributed by atoms with Gasteiger partial charge in [0.15, 0.2) is 5.78 Å². The Morgan fingerprint density at radius 2 is 1.73 bits per heavy atom. The molecule has 1 N–H and O–H groups in total. The summed E-state index contributed by atoms with van der Waals surface area (Å²) in [6, 6.07) is 2.02. The molecule has 0 aromatic carbocycles. The van der Waals surface area contributed by atoms with E-state index in [0.717, 1.165) is 37.7 Å². The van der Waals surface area contributed by atoms with Crippen molar-refractivity contribution in [1.82, 2.24) is 0 Å². The van der Waals surface area contributed by atoms with Crippen LogP contribution in [0.4, 0.5) is 0 Å². The van der Waals surface area contributed by atoms with E-state index in [4.69, 9.17) is 4.74 Å². The summed E-state index contributed by atoms with van der Waals surface area (Å²) >= 11 is 0. The summed E-state index contributed by atoms with van der Waals surface area (Å²) in [7, 11) is 1.46. The van der Waals surface area contributed by atoms with Gasteiger partial charge in [-0.1, -0.05) is 46.3 Å². The van der Waals surface area contributed by atoms with Gasteiger partial charge in [-0.3, -0.25) is 14.4 Å². The average molecular weight is 508 g/mol. The van der Waals surface area contributed by atoms with E-state index in [-0.39, 0.29) is 57.2 Å². The first kappa shape index (κ1) is 26.4. The van der Waals surface area contributed by atoms with Crippen LogP contribution in [0.15, 0.2) is 23.3 Å². The molecule has 5 rings (SSSR count). The van der Waals surface area contributed by atoms with Crippen LogP contribution < -0.4 is 0 Å². The molecule has 6 nitrogen and oxygen atoms in total. The van der Waals surface area contributed by atoms with Crippen molar-refractivity contribution in [2.75, 3.05) is 7.11 Å². The van der Waals surface area contributed by atoms with Gasteiger partial charge in [0, 0.05) is 17.3 Å². The number of esters is 1. The molecule has 0 radical (unpaired) electrons. The molecule has 0 bridgehead atoms. The monoisotopic (exact) mass is 507 g/mol. The zero-order valence-corrected chi connectivity index (χ0v) is 23.3. The predicted molar refractivity (Wildman–Crippen MR) is 138 cm³/mol. The molecule has 5 aliphatic carbocycles. The highest BCUT2D eigenvalue weighted by Gasteiger charge is 2.69. The number of allylic oxidation sites excluding steroid dienone is 3. The Labute approximate surface area is 220 Å². The van der Waals surface area contributed by atoms with Crippen LogP contribution in [0.1, 0.15) is 80.1 Å². The van der Waals surface area contributed by atoms with E-state index in [0.29, 0.717) is 6.42 Å². The molecule has 5 aliphatic rings. The van der Waals surface area contributed by atoms with Gasteiger partial charge in [0.05, 0.1) is 18.6 Å². The molecule has 0 aromatic rings. The van der Waals surface area contributed by atoms with E-state index in [2.05, 4.69) is 27.7 Å². The lowest BCUT2D eigenvalue weighted by molar-refractivity contribution is -0.174. The molecular formula is C31H41NO5. The summed E-state index contributed by atoms with van der Waals surface area (Å²) in [6.45, 7) is 12.4. The minimum atomic E-state index is -1.66. The number of carbonyl (C=O) groups excluding carboxylic acids is 3. The van der Waals surface area contributed by atoms with Crippen LogP contribution in [0.5, 0.6) is 0 Å². The molecule has 1 unspecified atom stereocenters. The molecule has 0 aliphatic heterocycles. The Hall–Kier alpha value is -2.26. The van der Waals surface area contributed by atoms with E-state index in [1.807, 2.05) is 19.1 Å². The van der Waals surface area contributed by atoms with Crippen molar-refractivity contribution in [3.8, 4) is 6.07 Å². The Balaban J connectivity index is 1.66. The number of ketones is 2. The number of carbonyl (C=O) groups is 3. The van der Waals surface area contributed by atoms with Gasteiger partial charge in [-0.15, -0.1) is 0 Å². The van der Waals surface area contributed by atoms with Gasteiger partial charge in [-0.2, -0.15) is 5.26 Å². The van der Waals surface area contributed by atoms with Crippen LogP contribution in [0.2, 0.25) is 0 Å². The van der Waals surface area contributed by atoms with Crippen LogP contribution in [0.25, 0.3) is 0 Å². The molecule has 0 aromatic heterocycles. The zero-order valence-electron chi connectivity index (χ0n) is 23.3. The van der Waals surface area contributed by atoms with Crippen LogP contribution in [0, 0.1) is 62.6 Å². The second kappa shape index (κ2) is 7.88. The van der Waals surface area contributed by atoms with Crippen molar-refractivity contribution >= 4 is 17.5 Å². The van der Waals surface area contributed by atoms with Gasteiger partial charge in [0.2, 0.25) is 5.78 Å². The maximum absolute atomic E-state index is 14.2. The third kappa shape index (κ3) is 3.28. The number of methoxy groups -OCH3 is 1. The number of hydrogen-bond donors (Lipinski definition) is 1. The van der Waals surface area contributed by atoms with Crippen molar-refractivity contribution in [1.29, 1.82) is 5.26 Å². The first-order chi connectivity index (χ1) is 17.1. The summed E-state index contributed by atoms with van der Waals surface area (Å²) < 4.78 is 5.23. The summed E-state index contributed by atoms with van der Waals surface area (Å²) in [6.07, 6.45) is 8.34. The predicted octanol–water partition coefficient (Wildman–Crippen LogP) is 4.96. The number of hydrogen-bond acceptors (Lipinski definition) is 6. The Morgan fingerprint density at radius 1 is 1.05 bits per heavy atom. The topological polar surface area (TPSA) is 104 Å². The van der Waals surface area contributed by atoms with E-state index < -0.39 is 22.7 Å². The third-order valence-electron chi connectivity index (χ3n) is 11.9. The van der Waals surface area contributed by atoms with Gasteiger partial charge in [0.1, 0.15) is 11.7 Å². The van der Waals surface area contributed by atoms with Gasteiger partial charge >= 0.3 is 5.97 Å². The molecule has 9 atom stereocenters. The van der Waals surface area contributed by atoms with E-state index in [9.17, 15) is 24.8 Å². The van der Waals surface area contributed by atoms with Crippen molar-refractivity contribution in [3.63, 3.8) is 0 Å². The van der Waals surface area contributed by atoms with Crippen LogP contribution in [-0.2, 0) is 19.1 Å². The fourth-order valence-electron chi connectivity index (χ4n) is 10.1. The lowest BCUT2D eigenvalue weighted by Gasteiger charge is -2.67. The maximum atomic E-state index is 14.2. The molecule has 0 heterocycles. The van der Waals surface area contributed by atoms with Crippen molar-refractivity contribution in [2.24, 2.45) is 51.2 Å². The average Bonchev–Trinajstić information content (AvgIpc) is 2.81. The molecule has 0 amide bonds. The fraction of sp³-hybridized carbons (Fsp3) is 0.742. The first-order valence-electron chi connectivity index (χ1n) is 13.8. The lowest BCUT2D eigenvalue weighted by Crippen LogP contribution is -2.65. The Kier molecular flexibility index (Phi) is 5.61. The molecule has 3 saturated carbocycles. The van der Waals surface area contributed by atoms with Gasteiger partial charge in [-0.05, 0) is 79.6 Å². The number of aliphatic hydroxyl groups is 1. The fourth-order valence-corrected chi connectivity index (χ4v) is 10.1. The summed E-state index contributed by atoms with van der Waals surface area (Å²) in [5, 5.41) is 21.1. The number of nitrogens with zero attached hydrogens (tertiary/aromatic N) is 1. The maximum Gasteiger partial charge on any atom is 0.308 e. The molecule has 0 saturated heterocycles. The van der Waals surface area contributed by atoms with Crippen molar-refractivity contribution in [3.05, 3.63) is 23.3 Å². The lowest BCUT2D eigenvalue weighted by atomic mass is 9.36. The van der Waals surface area contributed by atoms with Crippen molar-refractivity contribution in [2.45, 2.75) is 85.7 Å². The molecule has 37 heavy (non-hydrogen) atoms. The standard InChI is InChI=1S/C31H41NO5/c1-27(2)14-19-18(20(15-27)26(35)37-7)8-10-30(5)24(19)21(33)12-23-28(3)13-17(16-32)25(34)31(6,36)22(28)9-11-29(23,30)4/h12-13,18-20,22,24,36H,8-11,14-15H2,1-7H3/t18?,19-,20-,22-,24+,28+,29-,30-,31+/m1/s1. The van der Waals surface area contributed by atoms with Crippen LogP contribution >= 0.6 is 0 Å². The third-order valence-corrected chi connectivity index (χ3v) is 11.9. The molecule has 3 fully saturated rings. The Bertz CT molecular complexity index is 1190. The smallest absolute Gasteiger partial charge is 0.308 e. The Morgan fingerprint density at radius 3 is 2.35 bits per heavy atom. The number of Topliss-reactive ketones (excluding diaryl/α,β-unsaturated/α-hetero) is 1. The highest BCUT2D eigenvalue weighted by Crippen LogP contribution is 2.72. The molecular weight excluding hydrogens is 466 g/mol. The van der Waals surface area contributed by atoms with E-state index in [1.165, 1.54) is 14.0 Å². The van der Waals surface area contributed by atoms with E-state index in [1.54, 1.807) is 6.08 Å². The van der Waals surface area contributed by atoms with E-state index >= 15 is 0 Å². The highest BCUT2D eigenvalue weighted by molar-refractivity contribution is 6.06. The first-order valence-corrected chi connectivity index (χ1v) is 13.8. The number of ether oxygens (including phenoxy) is 1. The van der Waals surface area contributed by atoms with Gasteiger partial charge < -0.3 is 9.84 Å².